The summed E-state index contributed by atoms with van der Waals surface area (Å²) in [5, 5.41) is 33.1. The number of imidazole rings is 1. The van der Waals surface area contributed by atoms with Crippen molar-refractivity contribution in [1.29, 1.82) is 0 Å². The first kappa shape index (κ1) is 28.1. The Balaban J connectivity index is 1.14. The van der Waals surface area contributed by atoms with Crippen molar-refractivity contribution in [3.8, 4) is 0 Å². The van der Waals surface area contributed by atoms with Crippen molar-refractivity contribution in [3.05, 3.63) is 28.6 Å². The fourth-order valence-electron chi connectivity index (χ4n) is 5.12. The second-order valence-electron chi connectivity index (χ2n) is 9.65. The molecule has 7 N–H and O–H groups in total. The molecule has 3 saturated heterocycles. The number of aliphatic hydroxyl groups excluding tert-OH is 2. The summed E-state index contributed by atoms with van der Waals surface area (Å²) in [6.07, 6.45) is 0.209. The van der Waals surface area contributed by atoms with Gasteiger partial charge in [0.1, 0.15) is 35.4 Å². The van der Waals surface area contributed by atoms with E-state index in [1.165, 1.54) is 11.0 Å². The van der Waals surface area contributed by atoms with E-state index in [-0.39, 0.29) is 42.1 Å². The third kappa shape index (κ3) is 4.98. The van der Waals surface area contributed by atoms with Gasteiger partial charge < -0.3 is 44.9 Å². The van der Waals surface area contributed by atoms with Crippen LogP contribution in [0.4, 0.5) is 11.8 Å². The van der Waals surface area contributed by atoms with E-state index in [0.29, 0.717) is 17.8 Å². The Labute approximate surface area is 245 Å². The van der Waals surface area contributed by atoms with Crippen LogP contribution < -0.4 is 17.0 Å². The Hall–Kier alpha value is -2.72. The summed E-state index contributed by atoms with van der Waals surface area (Å²) >= 11 is 5.56. The highest BCUT2D eigenvalue weighted by molar-refractivity contribution is 8.41. The number of nitrogens with one attached hydrogen (secondary N) is 1. The molecule has 0 amide bonds. The minimum Gasteiger partial charge on any atom is -0.387 e. The van der Waals surface area contributed by atoms with Crippen molar-refractivity contribution in [2.45, 2.75) is 48.1 Å². The molecule has 42 heavy (non-hydrogen) atoms. The molecule has 0 aromatic carbocycles. The Morgan fingerprint density at radius 3 is 2.90 bits per heavy atom. The van der Waals surface area contributed by atoms with Crippen LogP contribution in [0.3, 0.4) is 0 Å². The average molecular weight is 642 g/mol. The molecule has 4 aromatic heterocycles. The first-order valence-corrected chi connectivity index (χ1v) is 15.8. The largest absolute Gasteiger partial charge is 0.387 e. The zero-order valence-electron chi connectivity index (χ0n) is 21.3. The molecule has 3 unspecified atom stereocenters. The summed E-state index contributed by atoms with van der Waals surface area (Å²) < 4.78 is 32.5. The van der Waals surface area contributed by atoms with Gasteiger partial charge in [0.15, 0.2) is 22.6 Å². The summed E-state index contributed by atoms with van der Waals surface area (Å²) in [5.41, 5.74) is 11.1. The Bertz CT molecular complexity index is 1680. The molecular weight excluding hydrogens is 617 g/mol. The molecule has 0 saturated carbocycles. The standard InChI is InChI=1S/C20H24N11O8PS2/c21-13-15-23-2-7(30(15)25-5-24-13)8-1-6-3-35-20(34)38-18-11(32)12(39-40(41)36-4-9(6)37-8)17(42-18)31-14-10(28-29-31)16(33)27-19(22)26-14/h2,5-6,8-9,11-12,17-18,20,32,34,41H,1,3-4H2,(H2,21,24,25)(H3,22,26,27,33)/t6-,8-,9-,11+,12-,17-,18?,20?,40?/m1/s1. The van der Waals surface area contributed by atoms with Crippen molar-refractivity contribution in [2.75, 3.05) is 24.7 Å². The molecule has 3 aliphatic rings. The number of nitrogen functional groups attached to an aromatic ring is 2. The maximum Gasteiger partial charge on any atom is 0.282 e. The van der Waals surface area contributed by atoms with Gasteiger partial charge in [-0.15, -0.1) is 5.10 Å². The molecule has 0 radical (unpaired) electrons. The zero-order valence-corrected chi connectivity index (χ0v) is 23.9. The van der Waals surface area contributed by atoms with Gasteiger partial charge >= 0.3 is 0 Å². The van der Waals surface area contributed by atoms with Gasteiger partial charge in [-0.05, 0) is 6.42 Å². The number of aliphatic hydroxyl groups is 2. The number of H-pyrrole nitrogens is 1. The lowest BCUT2D eigenvalue weighted by Crippen LogP contribution is -2.36. The van der Waals surface area contributed by atoms with Crippen LogP contribution in [0.25, 0.3) is 16.8 Å². The summed E-state index contributed by atoms with van der Waals surface area (Å²) in [7, 11) is -1.87. The number of nitrogens with two attached hydrogens (primary N) is 2. The number of thiol groups is 1. The second-order valence-corrected chi connectivity index (χ2v) is 12.8. The number of fused-ring (bicyclic) bond motifs is 5. The van der Waals surface area contributed by atoms with Crippen LogP contribution in [0.2, 0.25) is 0 Å². The quantitative estimate of drug-likeness (QED) is 0.114. The Kier molecular flexibility index (Phi) is 7.41. The van der Waals surface area contributed by atoms with E-state index in [2.05, 4.69) is 47.6 Å². The molecule has 22 heteroatoms. The van der Waals surface area contributed by atoms with Crippen LogP contribution >= 0.6 is 31.6 Å². The number of aromatic nitrogens is 9. The molecule has 2 bridgehead atoms. The van der Waals surface area contributed by atoms with Crippen molar-refractivity contribution in [1.82, 2.24) is 44.5 Å². The molecule has 7 heterocycles. The van der Waals surface area contributed by atoms with Gasteiger partial charge in [0.25, 0.3) is 12.0 Å². The number of thioether (sulfide) groups is 1. The van der Waals surface area contributed by atoms with Gasteiger partial charge in [0.05, 0.1) is 31.2 Å². The Morgan fingerprint density at radius 2 is 2.05 bits per heavy atom. The van der Waals surface area contributed by atoms with Crippen molar-refractivity contribution in [2.24, 2.45) is 5.92 Å². The number of nitrogens with zero attached hydrogens (tertiary/aromatic N) is 8. The van der Waals surface area contributed by atoms with Gasteiger partial charge in [0.2, 0.25) is 13.5 Å². The normalized spacial score (nSPS) is 34.2. The van der Waals surface area contributed by atoms with Crippen molar-refractivity contribution >= 4 is 60.2 Å². The number of rotatable bonds is 2. The molecule has 3 aliphatic heterocycles. The van der Waals surface area contributed by atoms with Gasteiger partial charge in [0, 0.05) is 5.92 Å². The predicted octanol–water partition coefficient (Wildman–Crippen LogP) is -0.923. The smallest absolute Gasteiger partial charge is 0.282 e. The first-order valence-electron chi connectivity index (χ1n) is 12.5. The zero-order chi connectivity index (χ0) is 29.1. The maximum absolute atomic E-state index is 12.3. The predicted molar refractivity (Wildman–Crippen MR) is 147 cm³/mol. The number of hydrogen-bond donors (Lipinski definition) is 6. The van der Waals surface area contributed by atoms with E-state index >= 15 is 0 Å². The maximum atomic E-state index is 12.3. The van der Waals surface area contributed by atoms with Gasteiger partial charge in [-0.1, -0.05) is 29.2 Å². The van der Waals surface area contributed by atoms with Gasteiger partial charge in [-0.3, -0.25) is 9.78 Å². The minimum atomic E-state index is -1.87. The lowest BCUT2D eigenvalue weighted by atomic mass is 10.00. The van der Waals surface area contributed by atoms with Crippen LogP contribution in [0.15, 0.2) is 17.3 Å². The topological polar surface area (TPSA) is 258 Å². The molecule has 7 rings (SSSR count). The lowest BCUT2D eigenvalue weighted by Gasteiger charge is -2.25. The fourth-order valence-corrected chi connectivity index (χ4v) is 7.89. The van der Waals surface area contributed by atoms with E-state index < -0.39 is 54.8 Å². The van der Waals surface area contributed by atoms with E-state index in [1.54, 1.807) is 10.7 Å². The average Bonchev–Trinajstić information content (AvgIpc) is 3.72. The summed E-state index contributed by atoms with van der Waals surface area (Å²) in [6, 6.07) is 0. The lowest BCUT2D eigenvalue weighted by molar-refractivity contribution is -0.282. The SMILES string of the molecule is Nc1nc2c(nnn2[C@@H]2SC3OC(O)OC[C@H]4C[C@H](c5cnc6c(N)ncnn56)O[C@@H]4COP(S)O[C@@H]2[C@@H]3O)c(=O)[nH]1. The fraction of sp³-hybridized carbons (Fsp3) is 0.550. The highest BCUT2D eigenvalue weighted by atomic mass is 32.7. The second kappa shape index (κ2) is 11.1. The first-order chi connectivity index (χ1) is 20.3. The van der Waals surface area contributed by atoms with E-state index in [0.717, 1.165) is 11.8 Å². The summed E-state index contributed by atoms with van der Waals surface area (Å²) in [5.74, 6) is -0.131. The molecule has 9 atom stereocenters. The highest BCUT2D eigenvalue weighted by Gasteiger charge is 2.50. The third-order valence-electron chi connectivity index (χ3n) is 7.10. The van der Waals surface area contributed by atoms with Crippen LogP contribution in [0.1, 0.15) is 23.6 Å². The summed E-state index contributed by atoms with van der Waals surface area (Å²) in [6.45, 7) is -1.58. The van der Waals surface area contributed by atoms with E-state index in [9.17, 15) is 15.0 Å². The molecule has 0 spiro atoms. The molecule has 19 nitrogen and oxygen atoms in total. The van der Waals surface area contributed by atoms with Crippen molar-refractivity contribution < 1.29 is 33.5 Å². The number of ether oxygens (including phenoxy) is 3. The van der Waals surface area contributed by atoms with Crippen molar-refractivity contribution in [3.63, 3.8) is 0 Å². The summed E-state index contributed by atoms with van der Waals surface area (Å²) in [4.78, 5) is 27.1. The van der Waals surface area contributed by atoms with Gasteiger partial charge in [-0.2, -0.15) is 10.1 Å². The number of anilines is 2. The van der Waals surface area contributed by atoms with Crippen LogP contribution in [-0.2, 0) is 23.3 Å². The minimum absolute atomic E-state index is 0.0466. The van der Waals surface area contributed by atoms with Crippen LogP contribution in [0.5, 0.6) is 0 Å². The number of aromatic amines is 1. The molecule has 224 valence electrons. The molecule has 4 aromatic rings. The molecule has 3 fully saturated rings. The highest BCUT2D eigenvalue weighted by Crippen LogP contribution is 2.54. The van der Waals surface area contributed by atoms with Crippen LogP contribution in [0, 0.1) is 5.92 Å². The Morgan fingerprint density at radius 1 is 1.19 bits per heavy atom. The number of hydrogen-bond acceptors (Lipinski definition) is 18. The van der Waals surface area contributed by atoms with E-state index in [4.69, 9.17) is 34.7 Å². The monoisotopic (exact) mass is 641 g/mol. The molecule has 0 aliphatic carbocycles. The van der Waals surface area contributed by atoms with E-state index in [1.807, 2.05) is 0 Å². The molecular formula is C20H24N11O8PS2. The van der Waals surface area contributed by atoms with Crippen LogP contribution in [-0.4, -0.2) is 98.2 Å². The third-order valence-corrected chi connectivity index (χ3v) is 9.93. The van der Waals surface area contributed by atoms with Gasteiger partial charge in [-0.25, -0.2) is 19.2 Å².